The van der Waals surface area contributed by atoms with Gasteiger partial charge in [-0.05, 0) is 57.1 Å². The quantitative estimate of drug-likeness (QED) is 0.249. The minimum Gasteiger partial charge on any atom is -0.489 e. The van der Waals surface area contributed by atoms with Gasteiger partial charge < -0.3 is 20.1 Å². The van der Waals surface area contributed by atoms with Gasteiger partial charge >= 0.3 is 0 Å². The van der Waals surface area contributed by atoms with Gasteiger partial charge in [-0.1, -0.05) is 24.1 Å². The van der Waals surface area contributed by atoms with E-state index < -0.39 is 5.82 Å². The SMILES string of the molecule is CCOCCOc1cc2ncnc(Nc3ccc(F)c(Cl)c3)c2cc1NC(=O)/C=C/CN1CCCCC1. The van der Waals surface area contributed by atoms with Crippen LogP contribution in [0.2, 0.25) is 5.02 Å². The number of rotatable bonds is 11. The van der Waals surface area contributed by atoms with Crippen molar-refractivity contribution in [1.82, 2.24) is 14.9 Å². The summed E-state index contributed by atoms with van der Waals surface area (Å²) >= 11 is 5.93. The van der Waals surface area contributed by atoms with Gasteiger partial charge in [0.1, 0.15) is 30.3 Å². The van der Waals surface area contributed by atoms with Crippen molar-refractivity contribution in [2.24, 2.45) is 0 Å². The fraction of sp³-hybridized carbons (Fsp3) is 0.370. The molecule has 1 aromatic heterocycles. The van der Waals surface area contributed by atoms with Crippen LogP contribution in [0.25, 0.3) is 10.9 Å². The minimum absolute atomic E-state index is 0.00219. The largest absolute Gasteiger partial charge is 0.489 e. The average Bonchev–Trinajstić information content (AvgIpc) is 2.90. The molecule has 2 N–H and O–H groups in total. The van der Waals surface area contributed by atoms with E-state index in [0.29, 0.717) is 53.7 Å². The number of nitrogens with zero attached hydrogens (tertiary/aromatic N) is 3. The molecule has 37 heavy (non-hydrogen) atoms. The monoisotopic (exact) mass is 527 g/mol. The molecule has 0 saturated carbocycles. The molecule has 3 aromatic rings. The molecular formula is C27H31ClFN5O3. The van der Waals surface area contributed by atoms with Gasteiger partial charge in [0, 0.05) is 36.4 Å². The van der Waals surface area contributed by atoms with Gasteiger partial charge in [-0.3, -0.25) is 9.69 Å². The van der Waals surface area contributed by atoms with Gasteiger partial charge in [-0.2, -0.15) is 0 Å². The molecule has 0 spiro atoms. The Morgan fingerprint density at radius 3 is 2.78 bits per heavy atom. The number of carbonyl (C=O) groups excluding carboxylic acids is 1. The topological polar surface area (TPSA) is 88.6 Å². The van der Waals surface area contributed by atoms with Crippen LogP contribution in [0.4, 0.5) is 21.6 Å². The number of amides is 1. The van der Waals surface area contributed by atoms with E-state index in [4.69, 9.17) is 21.1 Å². The highest BCUT2D eigenvalue weighted by Gasteiger charge is 2.14. The second-order valence-electron chi connectivity index (χ2n) is 8.64. The number of hydrogen-bond acceptors (Lipinski definition) is 7. The molecule has 0 radical (unpaired) electrons. The summed E-state index contributed by atoms with van der Waals surface area (Å²) in [5.74, 6) is 0.179. The van der Waals surface area contributed by atoms with Crippen LogP contribution in [0.3, 0.4) is 0 Å². The van der Waals surface area contributed by atoms with Crippen molar-refractivity contribution in [2.45, 2.75) is 26.2 Å². The summed E-state index contributed by atoms with van der Waals surface area (Å²) in [6.07, 6.45) is 8.50. The summed E-state index contributed by atoms with van der Waals surface area (Å²) in [6, 6.07) is 7.83. The van der Waals surface area contributed by atoms with E-state index in [2.05, 4.69) is 25.5 Å². The third-order valence-corrected chi connectivity index (χ3v) is 6.24. The van der Waals surface area contributed by atoms with E-state index in [9.17, 15) is 9.18 Å². The van der Waals surface area contributed by atoms with Gasteiger partial charge in [0.05, 0.1) is 22.8 Å². The third-order valence-electron chi connectivity index (χ3n) is 5.95. The summed E-state index contributed by atoms with van der Waals surface area (Å²) in [4.78, 5) is 23.8. The highest BCUT2D eigenvalue weighted by atomic mass is 35.5. The normalized spacial score (nSPS) is 14.2. The Morgan fingerprint density at radius 1 is 1.16 bits per heavy atom. The standard InChI is InChI=1S/C27H31ClFN5O3/c1-2-36-13-14-37-25-17-23-20(27(31-18-30-23)32-19-8-9-22(29)21(28)15-19)16-24(25)33-26(35)7-6-12-34-10-4-3-5-11-34/h6-9,15-18H,2-5,10-14H2,1H3,(H,33,35)(H,30,31,32)/b7-6+. The molecule has 0 aliphatic carbocycles. The molecule has 0 bridgehead atoms. The van der Waals surface area contributed by atoms with E-state index in [0.717, 1.165) is 19.6 Å². The molecule has 0 unspecified atom stereocenters. The number of nitrogens with one attached hydrogen (secondary N) is 2. The molecule has 2 aromatic carbocycles. The van der Waals surface area contributed by atoms with E-state index in [1.165, 1.54) is 37.7 Å². The van der Waals surface area contributed by atoms with Crippen LogP contribution in [0.5, 0.6) is 5.75 Å². The third kappa shape index (κ3) is 7.61. The van der Waals surface area contributed by atoms with Crippen LogP contribution in [-0.4, -0.2) is 60.2 Å². The summed E-state index contributed by atoms with van der Waals surface area (Å²) in [5.41, 5.74) is 1.65. The minimum atomic E-state index is -0.507. The maximum atomic E-state index is 13.6. The number of ether oxygens (including phenoxy) is 2. The number of hydrogen-bond donors (Lipinski definition) is 2. The summed E-state index contributed by atoms with van der Waals surface area (Å²) in [5, 5.41) is 6.72. The first-order valence-corrected chi connectivity index (χ1v) is 12.8. The fourth-order valence-electron chi connectivity index (χ4n) is 4.09. The first kappa shape index (κ1) is 26.8. The molecule has 1 amide bonds. The lowest BCUT2D eigenvalue weighted by Gasteiger charge is -2.24. The average molecular weight is 528 g/mol. The number of piperidine rings is 1. The van der Waals surface area contributed by atoms with Crippen molar-refractivity contribution in [3.63, 3.8) is 0 Å². The smallest absolute Gasteiger partial charge is 0.248 e. The van der Waals surface area contributed by atoms with Crippen LogP contribution < -0.4 is 15.4 Å². The molecule has 196 valence electrons. The van der Waals surface area contributed by atoms with Crippen molar-refractivity contribution in [3.8, 4) is 5.75 Å². The van der Waals surface area contributed by atoms with E-state index in [1.54, 1.807) is 24.3 Å². The molecule has 1 aliphatic rings. The van der Waals surface area contributed by atoms with Gasteiger partial charge in [0.25, 0.3) is 0 Å². The van der Waals surface area contributed by atoms with Crippen LogP contribution in [-0.2, 0) is 9.53 Å². The molecule has 4 rings (SSSR count). The number of likely N-dealkylation sites (tertiary alicyclic amines) is 1. The maximum Gasteiger partial charge on any atom is 0.248 e. The van der Waals surface area contributed by atoms with Crippen molar-refractivity contribution < 1.29 is 18.7 Å². The summed E-state index contributed by atoms with van der Waals surface area (Å²) in [7, 11) is 0. The highest BCUT2D eigenvalue weighted by Crippen LogP contribution is 2.34. The zero-order valence-corrected chi connectivity index (χ0v) is 21.6. The summed E-state index contributed by atoms with van der Waals surface area (Å²) < 4.78 is 24.9. The molecule has 10 heteroatoms. The molecule has 1 saturated heterocycles. The number of carbonyl (C=O) groups is 1. The molecule has 8 nitrogen and oxygen atoms in total. The molecular weight excluding hydrogens is 497 g/mol. The van der Waals surface area contributed by atoms with Crippen LogP contribution in [0.15, 0.2) is 48.8 Å². The Hall–Kier alpha value is -3.27. The Labute approximate surface area is 220 Å². The first-order chi connectivity index (χ1) is 18.0. The lowest BCUT2D eigenvalue weighted by Crippen LogP contribution is -2.29. The van der Waals surface area contributed by atoms with Gasteiger partial charge in [-0.15, -0.1) is 0 Å². The Kier molecular flexibility index (Phi) is 9.65. The molecule has 2 heterocycles. The number of anilines is 3. The van der Waals surface area contributed by atoms with Crippen molar-refractivity contribution in [3.05, 3.63) is 59.7 Å². The van der Waals surface area contributed by atoms with Crippen molar-refractivity contribution in [2.75, 3.05) is 50.1 Å². The Bertz CT molecular complexity index is 1250. The van der Waals surface area contributed by atoms with Crippen LogP contribution >= 0.6 is 11.6 Å². The van der Waals surface area contributed by atoms with Crippen molar-refractivity contribution in [1.29, 1.82) is 0 Å². The van der Waals surface area contributed by atoms with Crippen molar-refractivity contribution >= 4 is 45.6 Å². The molecule has 1 fully saturated rings. The number of fused-ring (bicyclic) bond motifs is 1. The zero-order valence-electron chi connectivity index (χ0n) is 20.8. The second-order valence-corrected chi connectivity index (χ2v) is 9.05. The molecule has 0 atom stereocenters. The number of benzene rings is 2. The van der Waals surface area contributed by atoms with Crippen LogP contribution in [0, 0.1) is 5.82 Å². The van der Waals surface area contributed by atoms with Crippen LogP contribution in [0.1, 0.15) is 26.2 Å². The predicted octanol–water partition coefficient (Wildman–Crippen LogP) is 5.56. The fourth-order valence-corrected chi connectivity index (χ4v) is 4.27. The van der Waals surface area contributed by atoms with E-state index >= 15 is 0 Å². The number of halogens is 2. The second kappa shape index (κ2) is 13.3. The number of aromatic nitrogens is 2. The Morgan fingerprint density at radius 2 is 2.00 bits per heavy atom. The molecule has 1 aliphatic heterocycles. The summed E-state index contributed by atoms with van der Waals surface area (Å²) in [6.45, 7) is 6.09. The lowest BCUT2D eigenvalue weighted by molar-refractivity contribution is -0.111. The van der Waals surface area contributed by atoms with Gasteiger partial charge in [0.15, 0.2) is 0 Å². The van der Waals surface area contributed by atoms with Gasteiger partial charge in [0.2, 0.25) is 5.91 Å². The lowest BCUT2D eigenvalue weighted by atomic mass is 10.1. The van der Waals surface area contributed by atoms with Gasteiger partial charge in [-0.25, -0.2) is 14.4 Å². The highest BCUT2D eigenvalue weighted by molar-refractivity contribution is 6.31. The zero-order chi connectivity index (χ0) is 26.0. The predicted molar refractivity (Wildman–Crippen MR) is 144 cm³/mol. The van der Waals surface area contributed by atoms with E-state index in [-0.39, 0.29) is 10.9 Å². The Balaban J connectivity index is 1.57. The first-order valence-electron chi connectivity index (χ1n) is 12.4. The van der Waals surface area contributed by atoms with E-state index in [1.807, 2.05) is 13.0 Å². The maximum absolute atomic E-state index is 13.6.